The Morgan fingerprint density at radius 3 is 2.65 bits per heavy atom. The number of anilines is 2. The predicted octanol–water partition coefficient (Wildman–Crippen LogP) is 2.77. The van der Waals surface area contributed by atoms with Gasteiger partial charge >= 0.3 is 0 Å². The van der Waals surface area contributed by atoms with Crippen LogP contribution >= 0.6 is 0 Å². The van der Waals surface area contributed by atoms with Gasteiger partial charge in [-0.05, 0) is 44.0 Å². The molecule has 1 heterocycles. The van der Waals surface area contributed by atoms with Crippen molar-refractivity contribution in [1.29, 1.82) is 0 Å². The number of hydrogen-bond acceptors (Lipinski definition) is 3. The standard InChI is InChI=1S/C20H21N3O3/c1-12-7-8-15(13(2)11-12)21-18(24)10-9-17-20(26)22-16-6-4-3-5-14(16)19(25)23-17/h3-8,11,17H,9-10H2,1-2H3,(H,21,24)(H,22,26)(H,23,25)/t17-/m0/s1. The van der Waals surface area contributed by atoms with E-state index in [1.807, 2.05) is 32.0 Å². The quantitative estimate of drug-likeness (QED) is 0.791. The molecule has 2 aromatic carbocycles. The van der Waals surface area contributed by atoms with Crippen LogP contribution in [-0.2, 0) is 9.59 Å². The molecule has 0 saturated carbocycles. The third kappa shape index (κ3) is 3.91. The van der Waals surface area contributed by atoms with Gasteiger partial charge in [0.1, 0.15) is 6.04 Å². The molecule has 0 unspecified atom stereocenters. The van der Waals surface area contributed by atoms with E-state index in [0.717, 1.165) is 16.8 Å². The summed E-state index contributed by atoms with van der Waals surface area (Å²) in [6, 6.07) is 11.9. The number of rotatable bonds is 4. The molecule has 3 rings (SSSR count). The summed E-state index contributed by atoms with van der Waals surface area (Å²) in [5.41, 5.74) is 3.76. The van der Waals surface area contributed by atoms with E-state index in [0.29, 0.717) is 11.3 Å². The Morgan fingerprint density at radius 1 is 1.12 bits per heavy atom. The normalized spacial score (nSPS) is 16.2. The zero-order chi connectivity index (χ0) is 18.7. The number of aryl methyl sites for hydroxylation is 2. The van der Waals surface area contributed by atoms with Crippen LogP contribution in [0.4, 0.5) is 11.4 Å². The zero-order valence-corrected chi connectivity index (χ0v) is 14.8. The first-order valence-electron chi connectivity index (χ1n) is 8.52. The van der Waals surface area contributed by atoms with Crippen molar-refractivity contribution in [2.45, 2.75) is 32.7 Å². The summed E-state index contributed by atoms with van der Waals surface area (Å²) in [4.78, 5) is 36.8. The van der Waals surface area contributed by atoms with Crippen molar-refractivity contribution in [3.63, 3.8) is 0 Å². The smallest absolute Gasteiger partial charge is 0.254 e. The van der Waals surface area contributed by atoms with E-state index in [2.05, 4.69) is 16.0 Å². The van der Waals surface area contributed by atoms with Gasteiger partial charge in [0.2, 0.25) is 11.8 Å². The van der Waals surface area contributed by atoms with Crippen LogP contribution in [0, 0.1) is 13.8 Å². The summed E-state index contributed by atoms with van der Waals surface area (Å²) in [6.07, 6.45) is 0.352. The highest BCUT2D eigenvalue weighted by Crippen LogP contribution is 2.20. The Hall–Kier alpha value is -3.15. The third-order valence-electron chi connectivity index (χ3n) is 4.37. The van der Waals surface area contributed by atoms with E-state index >= 15 is 0 Å². The Morgan fingerprint density at radius 2 is 1.88 bits per heavy atom. The summed E-state index contributed by atoms with van der Waals surface area (Å²) < 4.78 is 0. The van der Waals surface area contributed by atoms with E-state index in [9.17, 15) is 14.4 Å². The second kappa shape index (κ2) is 7.39. The Balaban J connectivity index is 1.61. The van der Waals surface area contributed by atoms with Crippen LogP contribution in [0.15, 0.2) is 42.5 Å². The number of para-hydroxylation sites is 1. The van der Waals surface area contributed by atoms with Crippen molar-refractivity contribution < 1.29 is 14.4 Å². The fraction of sp³-hybridized carbons (Fsp3) is 0.250. The topological polar surface area (TPSA) is 87.3 Å². The summed E-state index contributed by atoms with van der Waals surface area (Å²) in [5, 5.41) is 8.28. The minimum Gasteiger partial charge on any atom is -0.340 e. The molecule has 0 radical (unpaired) electrons. The van der Waals surface area contributed by atoms with Crippen LogP contribution in [0.1, 0.15) is 34.3 Å². The van der Waals surface area contributed by atoms with Gasteiger partial charge in [-0.15, -0.1) is 0 Å². The lowest BCUT2D eigenvalue weighted by Gasteiger charge is -2.15. The van der Waals surface area contributed by atoms with Gasteiger partial charge in [0, 0.05) is 12.1 Å². The van der Waals surface area contributed by atoms with Crippen molar-refractivity contribution in [3.8, 4) is 0 Å². The van der Waals surface area contributed by atoms with Crippen LogP contribution in [-0.4, -0.2) is 23.8 Å². The van der Waals surface area contributed by atoms with Crippen molar-refractivity contribution in [2.24, 2.45) is 0 Å². The molecule has 3 amide bonds. The number of hydrogen-bond donors (Lipinski definition) is 3. The van der Waals surface area contributed by atoms with Gasteiger partial charge in [-0.25, -0.2) is 0 Å². The number of amides is 3. The fourth-order valence-corrected chi connectivity index (χ4v) is 2.96. The van der Waals surface area contributed by atoms with Crippen LogP contribution < -0.4 is 16.0 Å². The van der Waals surface area contributed by atoms with Gasteiger partial charge in [0.25, 0.3) is 5.91 Å². The highest BCUT2D eigenvalue weighted by molar-refractivity contribution is 6.10. The molecule has 6 heteroatoms. The number of carbonyl (C=O) groups is 3. The number of carbonyl (C=O) groups excluding carboxylic acids is 3. The van der Waals surface area contributed by atoms with Crippen molar-refractivity contribution in [2.75, 3.05) is 10.6 Å². The van der Waals surface area contributed by atoms with Gasteiger partial charge in [-0.1, -0.05) is 29.8 Å². The largest absolute Gasteiger partial charge is 0.340 e. The van der Waals surface area contributed by atoms with Crippen LogP contribution in [0.3, 0.4) is 0 Å². The molecule has 26 heavy (non-hydrogen) atoms. The lowest BCUT2D eigenvalue weighted by Crippen LogP contribution is -2.41. The lowest BCUT2D eigenvalue weighted by atomic mass is 10.1. The van der Waals surface area contributed by atoms with Crippen LogP contribution in [0.25, 0.3) is 0 Å². The van der Waals surface area contributed by atoms with Crippen LogP contribution in [0.2, 0.25) is 0 Å². The van der Waals surface area contributed by atoms with E-state index in [-0.39, 0.29) is 30.6 Å². The molecule has 0 saturated heterocycles. The summed E-state index contributed by atoms with van der Waals surface area (Å²) in [5.74, 6) is -0.831. The molecule has 0 bridgehead atoms. The third-order valence-corrected chi connectivity index (χ3v) is 4.37. The molecule has 1 aliphatic heterocycles. The van der Waals surface area contributed by atoms with Crippen molar-refractivity contribution in [1.82, 2.24) is 5.32 Å². The van der Waals surface area contributed by atoms with Crippen molar-refractivity contribution >= 4 is 29.1 Å². The second-order valence-corrected chi connectivity index (χ2v) is 6.47. The first-order chi connectivity index (χ1) is 12.4. The van der Waals surface area contributed by atoms with Gasteiger partial charge in [0.05, 0.1) is 11.3 Å². The van der Waals surface area contributed by atoms with Crippen LogP contribution in [0.5, 0.6) is 0 Å². The summed E-state index contributed by atoms with van der Waals surface area (Å²) in [7, 11) is 0. The van der Waals surface area contributed by atoms with E-state index < -0.39 is 6.04 Å². The molecular formula is C20H21N3O3. The summed E-state index contributed by atoms with van der Waals surface area (Å²) >= 11 is 0. The maximum absolute atomic E-state index is 12.3. The maximum Gasteiger partial charge on any atom is 0.254 e. The molecular weight excluding hydrogens is 330 g/mol. The first kappa shape index (κ1) is 17.7. The molecule has 0 aromatic heterocycles. The molecule has 2 aromatic rings. The molecule has 6 nitrogen and oxygen atoms in total. The molecule has 0 spiro atoms. The Labute approximate surface area is 152 Å². The van der Waals surface area contributed by atoms with E-state index in [1.165, 1.54) is 0 Å². The highest BCUT2D eigenvalue weighted by Gasteiger charge is 2.27. The lowest BCUT2D eigenvalue weighted by molar-refractivity contribution is -0.118. The molecule has 0 fully saturated rings. The Kier molecular flexibility index (Phi) is 5.02. The fourth-order valence-electron chi connectivity index (χ4n) is 2.96. The number of fused-ring (bicyclic) bond motifs is 1. The molecule has 3 N–H and O–H groups in total. The van der Waals surface area contributed by atoms with Gasteiger partial charge < -0.3 is 16.0 Å². The SMILES string of the molecule is Cc1ccc(NC(=O)CC[C@@H]2NC(=O)c3ccccc3NC2=O)c(C)c1. The first-order valence-corrected chi connectivity index (χ1v) is 8.52. The second-order valence-electron chi connectivity index (χ2n) is 6.47. The molecule has 0 aliphatic carbocycles. The van der Waals surface area contributed by atoms with Gasteiger partial charge in [-0.2, -0.15) is 0 Å². The van der Waals surface area contributed by atoms with Crippen molar-refractivity contribution in [3.05, 3.63) is 59.2 Å². The highest BCUT2D eigenvalue weighted by atomic mass is 16.2. The Bertz CT molecular complexity index is 876. The monoisotopic (exact) mass is 351 g/mol. The van der Waals surface area contributed by atoms with E-state index in [4.69, 9.17) is 0 Å². The molecule has 1 atom stereocenters. The maximum atomic E-state index is 12.3. The van der Waals surface area contributed by atoms with Gasteiger partial charge in [-0.3, -0.25) is 14.4 Å². The average Bonchev–Trinajstić information content (AvgIpc) is 2.72. The van der Waals surface area contributed by atoms with E-state index in [1.54, 1.807) is 24.3 Å². The van der Waals surface area contributed by atoms with Gasteiger partial charge in [0.15, 0.2) is 0 Å². The minimum absolute atomic E-state index is 0.127. The zero-order valence-electron chi connectivity index (χ0n) is 14.8. The minimum atomic E-state index is -0.750. The molecule has 1 aliphatic rings. The molecule has 134 valence electrons. The number of benzene rings is 2. The average molecular weight is 351 g/mol. The number of nitrogens with one attached hydrogen (secondary N) is 3. The predicted molar refractivity (Wildman–Crippen MR) is 100 cm³/mol. The summed E-state index contributed by atoms with van der Waals surface area (Å²) in [6.45, 7) is 3.92.